The monoisotopic (exact) mass is 142 g/mol. The first-order chi connectivity index (χ1) is 4.54. The molecule has 0 radical (unpaired) electrons. The summed E-state index contributed by atoms with van der Waals surface area (Å²) in [5.41, 5.74) is -0.218. The van der Waals surface area contributed by atoms with Crippen molar-refractivity contribution in [2.75, 3.05) is 0 Å². The molecular formula is C6H6O4-2. The molecule has 0 unspecified atom stereocenters. The highest BCUT2D eigenvalue weighted by Gasteiger charge is 1.93. The lowest BCUT2D eigenvalue weighted by atomic mass is 10.2. The Balaban J connectivity index is 3.60. The maximum Gasteiger partial charge on any atom is 0.0669 e. The van der Waals surface area contributed by atoms with E-state index in [0.717, 1.165) is 0 Å². The van der Waals surface area contributed by atoms with Gasteiger partial charge in [0, 0.05) is 5.97 Å². The molecular weight excluding hydrogens is 136 g/mol. The van der Waals surface area contributed by atoms with Crippen LogP contribution >= 0.6 is 0 Å². The van der Waals surface area contributed by atoms with Gasteiger partial charge in [-0.2, -0.15) is 0 Å². The molecule has 0 rings (SSSR count). The summed E-state index contributed by atoms with van der Waals surface area (Å²) in [6.45, 7) is 3.07. The van der Waals surface area contributed by atoms with Crippen LogP contribution < -0.4 is 10.2 Å². The van der Waals surface area contributed by atoms with Crippen LogP contribution in [0.2, 0.25) is 0 Å². The van der Waals surface area contributed by atoms with Gasteiger partial charge in [0.25, 0.3) is 0 Å². The summed E-state index contributed by atoms with van der Waals surface area (Å²) in [5.74, 6) is -2.70. The highest BCUT2D eigenvalue weighted by Crippen LogP contribution is 1.98. The normalized spacial score (nSPS) is 8.80. The van der Waals surface area contributed by atoms with Crippen molar-refractivity contribution in [2.24, 2.45) is 0 Å². The maximum absolute atomic E-state index is 9.89. The van der Waals surface area contributed by atoms with Crippen LogP contribution in [0.1, 0.15) is 12.8 Å². The minimum absolute atomic E-state index is 0.120. The third-order valence-electron chi connectivity index (χ3n) is 0.920. The van der Waals surface area contributed by atoms with Crippen LogP contribution in [0.4, 0.5) is 0 Å². The van der Waals surface area contributed by atoms with Crippen molar-refractivity contribution >= 4 is 11.9 Å². The summed E-state index contributed by atoms with van der Waals surface area (Å²) in [7, 11) is 0. The Bertz CT molecular complexity index is 171. The van der Waals surface area contributed by atoms with Crippen LogP contribution in [0.25, 0.3) is 0 Å². The lowest BCUT2D eigenvalue weighted by Gasteiger charge is -2.05. The van der Waals surface area contributed by atoms with Crippen LogP contribution in [-0.4, -0.2) is 11.9 Å². The molecule has 56 valence electrons. The molecule has 0 aromatic rings. The molecule has 0 saturated heterocycles. The zero-order valence-electron chi connectivity index (χ0n) is 5.25. The second-order valence-corrected chi connectivity index (χ2v) is 1.76. The van der Waals surface area contributed by atoms with E-state index < -0.39 is 11.9 Å². The molecule has 0 aromatic heterocycles. The van der Waals surface area contributed by atoms with Gasteiger partial charge in [-0.3, -0.25) is 0 Å². The van der Waals surface area contributed by atoms with Gasteiger partial charge in [-0.05, 0) is 18.4 Å². The Morgan fingerprint density at radius 2 is 1.70 bits per heavy atom. The van der Waals surface area contributed by atoms with Crippen LogP contribution in [0, 0.1) is 0 Å². The lowest BCUT2D eigenvalue weighted by Crippen LogP contribution is -2.26. The lowest BCUT2D eigenvalue weighted by molar-refractivity contribution is -0.305. The molecule has 4 nitrogen and oxygen atoms in total. The Hall–Kier alpha value is -1.32. The summed E-state index contributed by atoms with van der Waals surface area (Å²) in [4.78, 5) is 19.6. The smallest absolute Gasteiger partial charge is 0.0669 e. The van der Waals surface area contributed by atoms with Crippen molar-refractivity contribution in [3.05, 3.63) is 12.2 Å². The van der Waals surface area contributed by atoms with E-state index in [2.05, 4.69) is 6.58 Å². The third kappa shape index (κ3) is 3.65. The topological polar surface area (TPSA) is 80.3 Å². The fourth-order valence-corrected chi connectivity index (χ4v) is 0.355. The predicted molar refractivity (Wildman–Crippen MR) is 28.4 cm³/mol. The SMILES string of the molecule is C=C(CCC(=O)[O-])C(=O)[O-]. The van der Waals surface area contributed by atoms with Crippen molar-refractivity contribution in [1.82, 2.24) is 0 Å². The number of carboxylic acids is 2. The van der Waals surface area contributed by atoms with Crippen LogP contribution in [-0.2, 0) is 9.59 Å². The van der Waals surface area contributed by atoms with Gasteiger partial charge in [0.05, 0.1) is 5.97 Å². The van der Waals surface area contributed by atoms with E-state index in [-0.39, 0.29) is 18.4 Å². The average Bonchev–Trinajstić information content (AvgIpc) is 1.82. The van der Waals surface area contributed by atoms with E-state index in [1.165, 1.54) is 0 Å². The predicted octanol–water partition coefficient (Wildman–Crippen LogP) is -2.18. The Morgan fingerprint density at radius 3 is 2.00 bits per heavy atom. The second-order valence-electron chi connectivity index (χ2n) is 1.76. The maximum atomic E-state index is 9.89. The number of carboxylic acid groups (broad SMARTS) is 2. The molecule has 0 aromatic carbocycles. The van der Waals surface area contributed by atoms with Gasteiger partial charge in [-0.15, -0.1) is 0 Å². The molecule has 0 aliphatic rings. The van der Waals surface area contributed by atoms with Crippen molar-refractivity contribution in [3.63, 3.8) is 0 Å². The quantitative estimate of drug-likeness (QED) is 0.418. The largest absolute Gasteiger partial charge is 0.550 e. The Kier molecular flexibility index (Phi) is 3.17. The molecule has 4 heteroatoms. The average molecular weight is 142 g/mol. The van der Waals surface area contributed by atoms with Gasteiger partial charge in [-0.25, -0.2) is 0 Å². The van der Waals surface area contributed by atoms with E-state index in [4.69, 9.17) is 0 Å². The van der Waals surface area contributed by atoms with Crippen LogP contribution in [0.3, 0.4) is 0 Å². The molecule has 0 heterocycles. The number of aliphatic carboxylic acids is 2. The summed E-state index contributed by atoms with van der Waals surface area (Å²) >= 11 is 0. The minimum Gasteiger partial charge on any atom is -0.550 e. The van der Waals surface area contributed by atoms with Gasteiger partial charge >= 0.3 is 0 Å². The highest BCUT2D eigenvalue weighted by atomic mass is 16.4. The highest BCUT2D eigenvalue weighted by molar-refractivity contribution is 5.84. The summed E-state index contributed by atoms with van der Waals surface area (Å²) in [6.07, 6.45) is -0.447. The number of hydrogen-bond acceptors (Lipinski definition) is 4. The van der Waals surface area contributed by atoms with Crippen molar-refractivity contribution in [2.45, 2.75) is 12.8 Å². The van der Waals surface area contributed by atoms with Crippen molar-refractivity contribution < 1.29 is 19.8 Å². The van der Waals surface area contributed by atoms with E-state index in [1.54, 1.807) is 0 Å². The van der Waals surface area contributed by atoms with E-state index in [1.807, 2.05) is 0 Å². The zero-order chi connectivity index (χ0) is 8.15. The minimum atomic E-state index is -1.42. The number of rotatable bonds is 4. The van der Waals surface area contributed by atoms with Gasteiger partial charge in [0.15, 0.2) is 0 Å². The summed E-state index contributed by atoms with van der Waals surface area (Å²) in [5, 5.41) is 19.6. The summed E-state index contributed by atoms with van der Waals surface area (Å²) in [6, 6.07) is 0. The van der Waals surface area contributed by atoms with E-state index in [0.29, 0.717) is 0 Å². The zero-order valence-corrected chi connectivity index (χ0v) is 5.25. The van der Waals surface area contributed by atoms with Gasteiger partial charge in [0.2, 0.25) is 0 Å². The van der Waals surface area contributed by atoms with Crippen LogP contribution in [0.5, 0.6) is 0 Å². The molecule has 0 spiro atoms. The fraction of sp³-hybridized carbons (Fsp3) is 0.333. The third-order valence-corrected chi connectivity index (χ3v) is 0.920. The Labute approximate surface area is 57.8 Å². The number of carbonyl (C=O) groups excluding carboxylic acids is 2. The molecule has 0 atom stereocenters. The van der Waals surface area contributed by atoms with Crippen molar-refractivity contribution in [1.29, 1.82) is 0 Å². The number of hydrogen-bond donors (Lipinski definition) is 0. The molecule has 0 saturated carbocycles. The van der Waals surface area contributed by atoms with E-state index >= 15 is 0 Å². The standard InChI is InChI=1S/C6H8O4/c1-4(6(9)10)2-3-5(7)8/h1-3H2,(H,7,8)(H,9,10)/p-2. The molecule has 10 heavy (non-hydrogen) atoms. The molecule has 0 N–H and O–H groups in total. The van der Waals surface area contributed by atoms with Gasteiger partial charge in [0.1, 0.15) is 0 Å². The first kappa shape index (κ1) is 8.68. The molecule has 0 aliphatic heterocycles. The van der Waals surface area contributed by atoms with Crippen molar-refractivity contribution in [3.8, 4) is 0 Å². The molecule has 0 bridgehead atoms. The van der Waals surface area contributed by atoms with E-state index in [9.17, 15) is 19.8 Å². The van der Waals surface area contributed by atoms with Gasteiger partial charge < -0.3 is 19.8 Å². The molecule has 0 aliphatic carbocycles. The number of carbonyl (C=O) groups is 2. The molecule has 0 amide bonds. The fourth-order valence-electron chi connectivity index (χ4n) is 0.355. The summed E-state index contributed by atoms with van der Waals surface area (Å²) < 4.78 is 0. The molecule has 0 fully saturated rings. The first-order valence-corrected chi connectivity index (χ1v) is 2.63. The Morgan fingerprint density at radius 1 is 1.20 bits per heavy atom. The van der Waals surface area contributed by atoms with Crippen LogP contribution in [0.15, 0.2) is 12.2 Å². The first-order valence-electron chi connectivity index (χ1n) is 2.63. The van der Waals surface area contributed by atoms with Gasteiger partial charge in [-0.1, -0.05) is 6.58 Å². The second kappa shape index (κ2) is 3.66.